The predicted octanol–water partition coefficient (Wildman–Crippen LogP) is 4.80. The van der Waals surface area contributed by atoms with Crippen molar-refractivity contribution in [2.24, 2.45) is 0 Å². The lowest BCUT2D eigenvalue weighted by Crippen LogP contribution is -2.48. The van der Waals surface area contributed by atoms with Gasteiger partial charge in [-0.15, -0.1) is 11.8 Å². The molecule has 2 nitrogen and oxygen atoms in total. The Morgan fingerprint density at radius 3 is 2.37 bits per heavy atom. The molecule has 0 N–H and O–H groups in total. The van der Waals surface area contributed by atoms with E-state index in [-0.39, 0.29) is 0 Å². The van der Waals surface area contributed by atoms with Crippen LogP contribution in [0, 0.1) is 0 Å². The number of hydrogen-bond acceptors (Lipinski definition) is 3. The Kier molecular flexibility index (Phi) is 4.47. The van der Waals surface area contributed by atoms with Crippen molar-refractivity contribution in [2.75, 3.05) is 7.11 Å². The van der Waals surface area contributed by atoms with Gasteiger partial charge in [0, 0.05) is 11.9 Å². The summed E-state index contributed by atoms with van der Waals surface area (Å²) in [5.41, 5.74) is 0.392. The number of methoxy groups -OCH3 is 1. The zero-order valence-corrected chi connectivity index (χ0v) is 15.2. The summed E-state index contributed by atoms with van der Waals surface area (Å²) in [6.45, 7) is 11.8. The minimum absolute atomic E-state index is 0.306. The summed E-state index contributed by atoms with van der Waals surface area (Å²) in [4.78, 5) is 0. The Hall–Kier alpha value is 0.487. The van der Waals surface area contributed by atoms with Crippen molar-refractivity contribution in [3.63, 3.8) is 0 Å². The van der Waals surface area contributed by atoms with Gasteiger partial charge in [-0.1, -0.05) is 20.8 Å². The van der Waals surface area contributed by atoms with E-state index >= 15 is 0 Å². The van der Waals surface area contributed by atoms with Gasteiger partial charge in [-0.25, -0.2) is 0 Å². The lowest BCUT2D eigenvalue weighted by molar-refractivity contribution is 0.150. The fraction of sp³-hybridized carbons (Fsp3) is 1.00. The smallest absolute Gasteiger partial charge is 0.192 e. The highest BCUT2D eigenvalue weighted by atomic mass is 32.2. The maximum Gasteiger partial charge on any atom is 0.192 e. The van der Waals surface area contributed by atoms with E-state index in [0.29, 0.717) is 21.3 Å². The first-order valence-electron chi connectivity index (χ1n) is 7.59. The van der Waals surface area contributed by atoms with E-state index in [1.165, 1.54) is 32.1 Å². The van der Waals surface area contributed by atoms with Gasteiger partial charge in [0.15, 0.2) is 8.32 Å². The quantitative estimate of drug-likeness (QED) is 0.698. The highest BCUT2D eigenvalue weighted by Gasteiger charge is 2.52. The lowest BCUT2D eigenvalue weighted by atomic mass is 9.99. The molecule has 0 radical (unpaired) electrons. The molecule has 3 atom stereocenters. The normalized spacial score (nSPS) is 36.3. The molecular formula is C15H30O2SSi. The number of thioether (sulfide) groups is 1. The van der Waals surface area contributed by atoms with Gasteiger partial charge in [-0.05, 0) is 50.2 Å². The van der Waals surface area contributed by atoms with E-state index in [0.717, 1.165) is 0 Å². The predicted molar refractivity (Wildman–Crippen MR) is 86.3 cm³/mol. The summed E-state index contributed by atoms with van der Waals surface area (Å²) in [5.74, 6) is 0. The van der Waals surface area contributed by atoms with E-state index < -0.39 is 8.32 Å². The van der Waals surface area contributed by atoms with Crippen LogP contribution in [0.5, 0.6) is 0 Å². The topological polar surface area (TPSA) is 18.5 Å². The zero-order chi connectivity index (χ0) is 14.3. The fourth-order valence-electron chi connectivity index (χ4n) is 3.04. The summed E-state index contributed by atoms with van der Waals surface area (Å²) in [7, 11) is 0.193. The Balaban J connectivity index is 2.08. The highest BCUT2D eigenvalue weighted by molar-refractivity contribution is 8.01. The van der Waals surface area contributed by atoms with Gasteiger partial charge < -0.3 is 9.16 Å². The number of ether oxygens (including phenoxy) is 1. The van der Waals surface area contributed by atoms with E-state index in [2.05, 4.69) is 45.6 Å². The molecule has 0 aromatic heterocycles. The maximum atomic E-state index is 6.76. The molecule has 0 aromatic rings. The van der Waals surface area contributed by atoms with E-state index in [1.807, 2.05) is 7.11 Å². The van der Waals surface area contributed by atoms with Crippen LogP contribution in [0.3, 0.4) is 0 Å². The lowest BCUT2D eigenvalue weighted by Gasteiger charge is -2.42. The van der Waals surface area contributed by atoms with Crippen LogP contribution < -0.4 is 0 Å². The van der Waals surface area contributed by atoms with Crippen molar-refractivity contribution in [3.05, 3.63) is 0 Å². The van der Waals surface area contributed by atoms with Crippen molar-refractivity contribution >= 4 is 20.1 Å². The van der Waals surface area contributed by atoms with Gasteiger partial charge in [0.1, 0.15) is 5.44 Å². The summed E-state index contributed by atoms with van der Waals surface area (Å²) >= 11 is 2.06. The monoisotopic (exact) mass is 302 g/mol. The molecular weight excluding hydrogens is 272 g/mol. The van der Waals surface area contributed by atoms with Crippen molar-refractivity contribution < 1.29 is 9.16 Å². The molecule has 2 aliphatic rings. The molecule has 112 valence electrons. The Morgan fingerprint density at radius 2 is 1.84 bits per heavy atom. The summed E-state index contributed by atoms with van der Waals surface area (Å²) in [6, 6.07) is 0. The van der Waals surface area contributed by atoms with Gasteiger partial charge in [0.05, 0.1) is 6.10 Å². The Bertz CT molecular complexity index is 327. The third-order valence-electron chi connectivity index (χ3n) is 5.33. The minimum atomic E-state index is -1.65. The fourth-order valence-corrected chi connectivity index (χ4v) is 6.20. The van der Waals surface area contributed by atoms with E-state index in [4.69, 9.17) is 9.16 Å². The first-order valence-corrected chi connectivity index (χ1v) is 11.4. The van der Waals surface area contributed by atoms with Crippen LogP contribution in [0.4, 0.5) is 0 Å². The first-order chi connectivity index (χ1) is 8.70. The third-order valence-corrected chi connectivity index (χ3v) is 11.6. The second kappa shape index (κ2) is 5.36. The van der Waals surface area contributed by atoms with Crippen LogP contribution in [-0.2, 0) is 9.16 Å². The molecule has 0 unspecified atom stereocenters. The first kappa shape index (κ1) is 15.9. The number of hydrogen-bond donors (Lipinski definition) is 0. The summed E-state index contributed by atoms with van der Waals surface area (Å²) in [6.07, 6.45) is 6.81. The van der Waals surface area contributed by atoms with Crippen LogP contribution in [-0.4, -0.2) is 31.7 Å². The van der Waals surface area contributed by atoms with Crippen molar-refractivity contribution in [1.82, 2.24) is 0 Å². The van der Waals surface area contributed by atoms with E-state index in [9.17, 15) is 0 Å². The largest absolute Gasteiger partial charge is 0.413 e. The molecule has 2 fully saturated rings. The SMILES string of the molecule is CO[C@@H]1CC[C@]2(CCC[C@@H]2O[Si](C)(C)C(C)(C)C)S1. The number of rotatable bonds is 3. The third kappa shape index (κ3) is 3.07. The average Bonchev–Trinajstić information content (AvgIpc) is 2.86. The molecule has 0 bridgehead atoms. The molecule has 1 saturated heterocycles. The van der Waals surface area contributed by atoms with Crippen LogP contribution in [0.1, 0.15) is 52.9 Å². The van der Waals surface area contributed by atoms with Crippen molar-refractivity contribution in [3.8, 4) is 0 Å². The van der Waals surface area contributed by atoms with Gasteiger partial charge >= 0.3 is 0 Å². The van der Waals surface area contributed by atoms with Crippen molar-refractivity contribution in [2.45, 2.75) is 87.3 Å². The summed E-state index contributed by atoms with van der Waals surface area (Å²) < 4.78 is 12.7. The second-order valence-electron chi connectivity index (χ2n) is 7.65. The standard InChI is InChI=1S/C15H30O2SSi/c1-14(2,3)19(5,6)17-12-8-7-10-15(12)11-9-13(16-4)18-15/h12-13H,7-11H2,1-6H3/t12-,13-,15-/m0/s1. The maximum absolute atomic E-state index is 6.76. The molecule has 0 amide bonds. The average molecular weight is 303 g/mol. The van der Waals surface area contributed by atoms with Crippen LogP contribution in [0.25, 0.3) is 0 Å². The molecule has 1 spiro atoms. The molecule has 2 rings (SSSR count). The molecule has 1 saturated carbocycles. The van der Waals surface area contributed by atoms with Gasteiger partial charge in [0.2, 0.25) is 0 Å². The van der Waals surface area contributed by atoms with Crippen LogP contribution >= 0.6 is 11.8 Å². The zero-order valence-electron chi connectivity index (χ0n) is 13.4. The van der Waals surface area contributed by atoms with Gasteiger partial charge in [0.25, 0.3) is 0 Å². The molecule has 1 aliphatic heterocycles. The van der Waals surface area contributed by atoms with E-state index in [1.54, 1.807) is 0 Å². The summed E-state index contributed by atoms with van der Waals surface area (Å²) in [5, 5.41) is 0.306. The molecule has 19 heavy (non-hydrogen) atoms. The van der Waals surface area contributed by atoms with Gasteiger partial charge in [-0.2, -0.15) is 0 Å². The molecule has 0 aromatic carbocycles. The minimum Gasteiger partial charge on any atom is -0.413 e. The van der Waals surface area contributed by atoms with Crippen LogP contribution in [0.15, 0.2) is 0 Å². The second-order valence-corrected chi connectivity index (χ2v) is 14.0. The molecule has 1 aliphatic carbocycles. The Morgan fingerprint density at radius 1 is 1.16 bits per heavy atom. The molecule has 1 heterocycles. The van der Waals surface area contributed by atoms with Crippen LogP contribution in [0.2, 0.25) is 18.1 Å². The molecule has 4 heteroatoms. The highest BCUT2D eigenvalue weighted by Crippen LogP contribution is 2.55. The van der Waals surface area contributed by atoms with Crippen molar-refractivity contribution in [1.29, 1.82) is 0 Å². The van der Waals surface area contributed by atoms with Gasteiger partial charge in [-0.3, -0.25) is 0 Å². The Labute approximate surface area is 124 Å².